The van der Waals surface area contributed by atoms with Gasteiger partial charge in [0.15, 0.2) is 5.78 Å². The zero-order valence-electron chi connectivity index (χ0n) is 10.8. The van der Waals surface area contributed by atoms with Crippen LogP contribution in [0.2, 0.25) is 0 Å². The van der Waals surface area contributed by atoms with Gasteiger partial charge < -0.3 is 5.11 Å². The lowest BCUT2D eigenvalue weighted by Gasteiger charge is -2.21. The van der Waals surface area contributed by atoms with Crippen molar-refractivity contribution in [3.05, 3.63) is 35.1 Å². The number of benzene rings is 1. The van der Waals surface area contributed by atoms with Gasteiger partial charge in [0.1, 0.15) is 5.82 Å². The molecule has 0 aromatic heterocycles. The van der Waals surface area contributed by atoms with Crippen molar-refractivity contribution in [3.63, 3.8) is 0 Å². The van der Waals surface area contributed by atoms with Crippen LogP contribution in [0.15, 0.2) is 18.2 Å². The molecule has 1 aromatic rings. The molecule has 1 N–H and O–H groups in total. The molecule has 18 heavy (non-hydrogen) atoms. The Morgan fingerprint density at radius 1 is 1.28 bits per heavy atom. The molecular formula is C14H17FO3. The molecule has 0 aliphatic heterocycles. The number of hydrogen-bond donors (Lipinski definition) is 1. The molecule has 98 valence electrons. The highest BCUT2D eigenvalue weighted by Gasteiger charge is 2.26. The number of rotatable bonds is 5. The molecule has 0 atom stereocenters. The van der Waals surface area contributed by atoms with E-state index < -0.39 is 17.2 Å². The van der Waals surface area contributed by atoms with Gasteiger partial charge in [0, 0.05) is 12.0 Å². The second kappa shape index (κ2) is 5.29. The summed E-state index contributed by atoms with van der Waals surface area (Å²) in [5.74, 6) is -1.62. The van der Waals surface area contributed by atoms with Crippen molar-refractivity contribution >= 4 is 11.8 Å². The first kappa shape index (κ1) is 14.4. The number of hydrogen-bond acceptors (Lipinski definition) is 2. The zero-order chi connectivity index (χ0) is 13.9. The topological polar surface area (TPSA) is 54.4 Å². The van der Waals surface area contributed by atoms with Crippen LogP contribution < -0.4 is 0 Å². The van der Waals surface area contributed by atoms with E-state index in [2.05, 4.69) is 0 Å². The molecule has 0 saturated heterocycles. The molecule has 0 spiro atoms. The van der Waals surface area contributed by atoms with Crippen molar-refractivity contribution < 1.29 is 19.1 Å². The highest BCUT2D eigenvalue weighted by molar-refractivity contribution is 5.98. The average Bonchev–Trinajstić information content (AvgIpc) is 2.18. The number of carboxylic acids is 1. The monoisotopic (exact) mass is 252 g/mol. The lowest BCUT2D eigenvalue weighted by molar-refractivity contribution is -0.139. The first-order valence-corrected chi connectivity index (χ1v) is 5.72. The first-order chi connectivity index (χ1) is 8.21. The third-order valence-corrected chi connectivity index (χ3v) is 2.77. The summed E-state index contributed by atoms with van der Waals surface area (Å²) in [7, 11) is 0. The summed E-state index contributed by atoms with van der Waals surface area (Å²) in [4.78, 5) is 22.7. The van der Waals surface area contributed by atoms with Crippen LogP contribution in [0, 0.1) is 18.2 Å². The van der Waals surface area contributed by atoms with E-state index in [4.69, 9.17) is 5.11 Å². The van der Waals surface area contributed by atoms with Crippen molar-refractivity contribution in [3.8, 4) is 0 Å². The van der Waals surface area contributed by atoms with Crippen LogP contribution in [-0.2, 0) is 4.79 Å². The van der Waals surface area contributed by atoms with Crippen LogP contribution in [-0.4, -0.2) is 16.9 Å². The summed E-state index contributed by atoms with van der Waals surface area (Å²) in [6, 6.07) is 4.05. The molecule has 1 aromatic carbocycles. The normalized spacial score (nSPS) is 11.3. The molecule has 0 radical (unpaired) electrons. The van der Waals surface area contributed by atoms with E-state index in [0.717, 1.165) is 0 Å². The van der Waals surface area contributed by atoms with Gasteiger partial charge in [0.2, 0.25) is 0 Å². The summed E-state index contributed by atoms with van der Waals surface area (Å²) in [5, 5.41) is 8.76. The van der Waals surface area contributed by atoms with Crippen molar-refractivity contribution in [2.24, 2.45) is 5.41 Å². The zero-order valence-corrected chi connectivity index (χ0v) is 10.8. The minimum atomic E-state index is -0.941. The van der Waals surface area contributed by atoms with E-state index in [-0.39, 0.29) is 18.6 Å². The quantitative estimate of drug-likeness (QED) is 0.819. The van der Waals surface area contributed by atoms with Crippen molar-refractivity contribution in [1.82, 2.24) is 0 Å². The summed E-state index contributed by atoms with van der Waals surface area (Å²) in [5.41, 5.74) is 0.391. The number of aryl methyl sites for hydroxylation is 1. The van der Waals surface area contributed by atoms with Gasteiger partial charge in [0.05, 0.1) is 6.42 Å². The molecule has 0 aliphatic carbocycles. The van der Waals surface area contributed by atoms with Crippen LogP contribution in [0.5, 0.6) is 0 Å². The second-order valence-electron chi connectivity index (χ2n) is 5.29. The Morgan fingerprint density at radius 2 is 1.89 bits per heavy atom. The van der Waals surface area contributed by atoms with Crippen LogP contribution in [0.3, 0.4) is 0 Å². The molecule has 0 saturated carbocycles. The molecule has 0 unspecified atom stereocenters. The fourth-order valence-corrected chi connectivity index (χ4v) is 1.90. The molecule has 0 bridgehead atoms. The van der Waals surface area contributed by atoms with E-state index in [1.54, 1.807) is 26.8 Å². The molecule has 4 heteroatoms. The molecule has 0 heterocycles. The number of carboxylic acid groups (broad SMARTS) is 1. The fraction of sp³-hybridized carbons (Fsp3) is 0.429. The summed E-state index contributed by atoms with van der Waals surface area (Å²) < 4.78 is 13.1. The third kappa shape index (κ3) is 3.95. The summed E-state index contributed by atoms with van der Waals surface area (Å²) in [6.45, 7) is 5.16. The predicted molar refractivity (Wildman–Crippen MR) is 66.1 cm³/mol. The number of Topliss-reactive ketones (excluding diaryl/α,β-unsaturated/α-hetero) is 1. The first-order valence-electron chi connectivity index (χ1n) is 5.72. The van der Waals surface area contributed by atoms with E-state index in [1.165, 1.54) is 12.1 Å². The van der Waals surface area contributed by atoms with E-state index in [1.807, 2.05) is 0 Å². The molecule has 3 nitrogen and oxygen atoms in total. The molecule has 0 amide bonds. The lowest BCUT2D eigenvalue weighted by Crippen LogP contribution is -2.21. The Morgan fingerprint density at radius 3 is 2.44 bits per heavy atom. The second-order valence-corrected chi connectivity index (χ2v) is 5.29. The molecule has 0 fully saturated rings. The lowest BCUT2D eigenvalue weighted by atomic mass is 9.82. The third-order valence-electron chi connectivity index (χ3n) is 2.77. The fourth-order valence-electron chi connectivity index (χ4n) is 1.90. The Balaban J connectivity index is 2.88. The van der Waals surface area contributed by atoms with Crippen LogP contribution >= 0.6 is 0 Å². The Labute approximate surface area is 106 Å². The van der Waals surface area contributed by atoms with Crippen LogP contribution in [0.4, 0.5) is 4.39 Å². The maximum atomic E-state index is 13.1. The minimum Gasteiger partial charge on any atom is -0.481 e. The molecular weight excluding hydrogens is 235 g/mol. The minimum absolute atomic E-state index is 0.0869. The summed E-state index contributed by atoms with van der Waals surface area (Å²) in [6.07, 6.45) is -0.00328. The maximum Gasteiger partial charge on any atom is 0.303 e. The van der Waals surface area contributed by atoms with Gasteiger partial charge in [-0.2, -0.15) is 0 Å². The molecule has 0 aliphatic rings. The Bertz CT molecular complexity index is 478. The van der Waals surface area contributed by atoms with Gasteiger partial charge in [0.25, 0.3) is 0 Å². The standard InChI is InChI=1S/C14H17FO3/c1-9-4-5-10(15)6-11(9)12(16)7-14(2,3)8-13(17)18/h4-6H,7-8H2,1-3H3,(H,17,18). The van der Waals surface area contributed by atoms with E-state index in [0.29, 0.717) is 11.1 Å². The number of carbonyl (C=O) groups is 2. The van der Waals surface area contributed by atoms with Gasteiger partial charge in [-0.25, -0.2) is 4.39 Å². The van der Waals surface area contributed by atoms with Crippen LogP contribution in [0.25, 0.3) is 0 Å². The number of ketones is 1. The van der Waals surface area contributed by atoms with Crippen molar-refractivity contribution in [2.75, 3.05) is 0 Å². The smallest absolute Gasteiger partial charge is 0.303 e. The van der Waals surface area contributed by atoms with Crippen molar-refractivity contribution in [2.45, 2.75) is 33.6 Å². The van der Waals surface area contributed by atoms with Gasteiger partial charge in [-0.3, -0.25) is 9.59 Å². The number of halogens is 1. The van der Waals surface area contributed by atoms with Gasteiger partial charge >= 0.3 is 5.97 Å². The predicted octanol–water partition coefficient (Wildman–Crippen LogP) is 3.21. The van der Waals surface area contributed by atoms with Gasteiger partial charge in [-0.15, -0.1) is 0 Å². The summed E-state index contributed by atoms with van der Waals surface area (Å²) >= 11 is 0. The highest BCUT2D eigenvalue weighted by Crippen LogP contribution is 2.27. The van der Waals surface area contributed by atoms with Crippen molar-refractivity contribution in [1.29, 1.82) is 0 Å². The Kier molecular flexibility index (Phi) is 4.22. The Hall–Kier alpha value is -1.71. The number of carbonyl (C=O) groups excluding carboxylic acids is 1. The number of aliphatic carboxylic acids is 1. The average molecular weight is 252 g/mol. The van der Waals surface area contributed by atoms with Gasteiger partial charge in [-0.05, 0) is 30.0 Å². The maximum absolute atomic E-state index is 13.1. The highest BCUT2D eigenvalue weighted by atomic mass is 19.1. The van der Waals surface area contributed by atoms with E-state index in [9.17, 15) is 14.0 Å². The SMILES string of the molecule is Cc1ccc(F)cc1C(=O)CC(C)(C)CC(=O)O. The molecule has 1 rings (SSSR count). The van der Waals surface area contributed by atoms with E-state index >= 15 is 0 Å². The largest absolute Gasteiger partial charge is 0.481 e. The van der Waals surface area contributed by atoms with Crippen LogP contribution in [0.1, 0.15) is 42.6 Å². The van der Waals surface area contributed by atoms with Gasteiger partial charge in [-0.1, -0.05) is 19.9 Å².